The second-order valence-corrected chi connectivity index (χ2v) is 6.00. The van der Waals surface area contributed by atoms with Gasteiger partial charge in [-0.15, -0.1) is 0 Å². The number of methoxy groups -OCH3 is 1. The Bertz CT molecular complexity index is 352. The zero-order valence-electron chi connectivity index (χ0n) is 12.3. The van der Waals surface area contributed by atoms with Gasteiger partial charge in [-0.05, 0) is 31.8 Å². The van der Waals surface area contributed by atoms with Crippen LogP contribution in [0, 0.1) is 11.3 Å². The summed E-state index contributed by atoms with van der Waals surface area (Å²) < 4.78 is 9.62. The van der Waals surface area contributed by atoms with Crippen molar-refractivity contribution in [2.24, 2.45) is 11.3 Å². The van der Waals surface area contributed by atoms with Gasteiger partial charge in [-0.3, -0.25) is 4.79 Å². The summed E-state index contributed by atoms with van der Waals surface area (Å²) in [5.74, 6) is 0.341. The standard InChI is InChI=1S/C15H24O4/c1-15(2,3)13(16)11-7-5-6-8-12(10-9-11)19-14(17)18-4/h6,8,11-12H,5,7,9-10H2,1-4H3/b8-6+. The van der Waals surface area contributed by atoms with Crippen molar-refractivity contribution in [3.63, 3.8) is 0 Å². The fourth-order valence-corrected chi connectivity index (χ4v) is 2.30. The van der Waals surface area contributed by atoms with E-state index in [1.165, 1.54) is 7.11 Å². The molecular formula is C15H24O4. The van der Waals surface area contributed by atoms with E-state index >= 15 is 0 Å². The largest absolute Gasteiger partial charge is 0.508 e. The highest BCUT2D eigenvalue weighted by atomic mass is 16.7. The molecule has 1 rings (SSSR count). The molecule has 0 bridgehead atoms. The van der Waals surface area contributed by atoms with Crippen LogP contribution in [0.25, 0.3) is 0 Å². The zero-order valence-corrected chi connectivity index (χ0v) is 12.3. The van der Waals surface area contributed by atoms with E-state index in [4.69, 9.17) is 4.74 Å². The molecule has 2 unspecified atom stereocenters. The maximum absolute atomic E-state index is 12.3. The molecule has 2 atom stereocenters. The average molecular weight is 268 g/mol. The molecule has 4 nitrogen and oxygen atoms in total. The van der Waals surface area contributed by atoms with Gasteiger partial charge in [0, 0.05) is 11.3 Å². The van der Waals surface area contributed by atoms with Crippen LogP contribution in [0.5, 0.6) is 0 Å². The predicted molar refractivity (Wildman–Crippen MR) is 72.8 cm³/mol. The van der Waals surface area contributed by atoms with Crippen LogP contribution < -0.4 is 0 Å². The summed E-state index contributed by atoms with van der Waals surface area (Å²) in [4.78, 5) is 23.4. The molecule has 0 radical (unpaired) electrons. The topological polar surface area (TPSA) is 52.6 Å². The van der Waals surface area contributed by atoms with Gasteiger partial charge in [0.1, 0.15) is 11.9 Å². The Labute approximate surface area is 115 Å². The SMILES string of the molecule is COC(=O)OC1/C=C/CCC(C(=O)C(C)(C)C)CC1. The van der Waals surface area contributed by atoms with Crippen molar-refractivity contribution in [2.45, 2.75) is 52.6 Å². The smallest absolute Gasteiger partial charge is 0.438 e. The fourth-order valence-electron chi connectivity index (χ4n) is 2.30. The zero-order chi connectivity index (χ0) is 14.5. The molecule has 0 aliphatic heterocycles. The molecular weight excluding hydrogens is 244 g/mol. The average Bonchev–Trinajstić information content (AvgIpc) is 2.31. The van der Waals surface area contributed by atoms with E-state index in [2.05, 4.69) is 4.74 Å². The molecule has 1 aliphatic carbocycles. The first kappa shape index (κ1) is 15.7. The lowest BCUT2D eigenvalue weighted by Gasteiger charge is -2.26. The van der Waals surface area contributed by atoms with Crippen LogP contribution in [0.4, 0.5) is 4.79 Å². The minimum Gasteiger partial charge on any atom is -0.438 e. The molecule has 0 fully saturated rings. The molecule has 0 spiro atoms. The molecule has 19 heavy (non-hydrogen) atoms. The van der Waals surface area contributed by atoms with Crippen molar-refractivity contribution in [1.29, 1.82) is 0 Å². The molecule has 0 saturated heterocycles. The van der Waals surface area contributed by atoms with E-state index in [0.717, 1.165) is 19.3 Å². The summed E-state index contributed by atoms with van der Waals surface area (Å²) in [6.07, 6.45) is 6.03. The monoisotopic (exact) mass is 268 g/mol. The third kappa shape index (κ3) is 5.05. The second kappa shape index (κ2) is 6.73. The third-order valence-corrected chi connectivity index (χ3v) is 3.36. The van der Waals surface area contributed by atoms with E-state index < -0.39 is 6.16 Å². The quantitative estimate of drug-likeness (QED) is 0.568. The summed E-state index contributed by atoms with van der Waals surface area (Å²) in [5, 5.41) is 0. The number of carbonyl (C=O) groups is 2. The highest BCUT2D eigenvalue weighted by Gasteiger charge is 2.30. The van der Waals surface area contributed by atoms with Gasteiger partial charge in [-0.1, -0.05) is 26.8 Å². The van der Waals surface area contributed by atoms with Crippen molar-refractivity contribution in [3.8, 4) is 0 Å². The number of Topliss-reactive ketones (excluding diaryl/α,β-unsaturated/α-hetero) is 1. The summed E-state index contributed by atoms with van der Waals surface area (Å²) in [6, 6.07) is 0. The first-order chi connectivity index (χ1) is 8.84. The first-order valence-electron chi connectivity index (χ1n) is 6.80. The van der Waals surface area contributed by atoms with Crippen molar-refractivity contribution in [1.82, 2.24) is 0 Å². The minimum absolute atomic E-state index is 0.0497. The number of rotatable bonds is 2. The number of hydrogen-bond acceptors (Lipinski definition) is 4. The van der Waals surface area contributed by atoms with Crippen molar-refractivity contribution >= 4 is 11.9 Å². The molecule has 1 aliphatic rings. The normalized spacial score (nSPS) is 25.9. The van der Waals surface area contributed by atoms with Crippen LogP contribution in [0.1, 0.15) is 46.5 Å². The van der Waals surface area contributed by atoms with Crippen LogP contribution in [0.15, 0.2) is 12.2 Å². The predicted octanol–water partition coefficient (Wildman–Crippen LogP) is 3.50. The first-order valence-corrected chi connectivity index (χ1v) is 6.80. The lowest BCUT2D eigenvalue weighted by atomic mass is 9.78. The summed E-state index contributed by atoms with van der Waals surface area (Å²) in [6.45, 7) is 5.85. The van der Waals surface area contributed by atoms with E-state index in [-0.39, 0.29) is 17.4 Å². The Morgan fingerprint density at radius 3 is 2.42 bits per heavy atom. The van der Waals surface area contributed by atoms with Crippen LogP contribution in [0.2, 0.25) is 0 Å². The van der Waals surface area contributed by atoms with Gasteiger partial charge in [-0.2, -0.15) is 0 Å². The molecule has 4 heteroatoms. The Balaban J connectivity index is 2.62. The molecule has 108 valence electrons. The van der Waals surface area contributed by atoms with E-state index in [1.807, 2.05) is 32.9 Å². The van der Waals surface area contributed by atoms with E-state index in [1.54, 1.807) is 0 Å². The molecule has 0 saturated carbocycles. The lowest BCUT2D eigenvalue weighted by Crippen LogP contribution is -2.30. The number of ketones is 1. The Kier molecular flexibility index (Phi) is 5.58. The Morgan fingerprint density at radius 1 is 1.16 bits per heavy atom. The van der Waals surface area contributed by atoms with Crippen LogP contribution in [0.3, 0.4) is 0 Å². The van der Waals surface area contributed by atoms with Crippen molar-refractivity contribution in [2.75, 3.05) is 7.11 Å². The van der Waals surface area contributed by atoms with Gasteiger partial charge >= 0.3 is 6.16 Å². The van der Waals surface area contributed by atoms with Gasteiger partial charge in [0.05, 0.1) is 7.11 Å². The van der Waals surface area contributed by atoms with Gasteiger partial charge in [0.25, 0.3) is 0 Å². The van der Waals surface area contributed by atoms with Gasteiger partial charge in [0.2, 0.25) is 0 Å². The van der Waals surface area contributed by atoms with Crippen LogP contribution >= 0.6 is 0 Å². The number of allylic oxidation sites excluding steroid dienone is 1. The number of carbonyl (C=O) groups excluding carboxylic acids is 2. The molecule has 0 amide bonds. The molecule has 0 heterocycles. The summed E-state index contributed by atoms with van der Waals surface area (Å²) in [5.41, 5.74) is -0.313. The Hall–Kier alpha value is -1.32. The molecule has 0 aromatic rings. The highest BCUT2D eigenvalue weighted by Crippen LogP contribution is 2.28. The minimum atomic E-state index is -0.672. The van der Waals surface area contributed by atoms with Gasteiger partial charge < -0.3 is 9.47 Å². The highest BCUT2D eigenvalue weighted by molar-refractivity contribution is 5.85. The maximum atomic E-state index is 12.3. The lowest BCUT2D eigenvalue weighted by molar-refractivity contribution is -0.131. The van der Waals surface area contributed by atoms with Crippen LogP contribution in [-0.2, 0) is 14.3 Å². The van der Waals surface area contributed by atoms with Crippen molar-refractivity contribution in [3.05, 3.63) is 12.2 Å². The van der Waals surface area contributed by atoms with E-state index in [0.29, 0.717) is 12.2 Å². The maximum Gasteiger partial charge on any atom is 0.508 e. The Morgan fingerprint density at radius 2 is 1.84 bits per heavy atom. The number of hydrogen-bond donors (Lipinski definition) is 0. The van der Waals surface area contributed by atoms with Crippen molar-refractivity contribution < 1.29 is 19.1 Å². The summed E-state index contributed by atoms with van der Waals surface area (Å²) >= 11 is 0. The molecule has 0 aromatic carbocycles. The molecule has 0 aromatic heterocycles. The third-order valence-electron chi connectivity index (χ3n) is 3.36. The van der Waals surface area contributed by atoms with Crippen LogP contribution in [-0.4, -0.2) is 25.2 Å². The fraction of sp³-hybridized carbons (Fsp3) is 0.733. The summed E-state index contributed by atoms with van der Waals surface area (Å²) in [7, 11) is 1.29. The molecule has 0 N–H and O–H groups in total. The van der Waals surface area contributed by atoms with Gasteiger partial charge in [-0.25, -0.2) is 4.79 Å². The number of ether oxygens (including phenoxy) is 2. The van der Waals surface area contributed by atoms with Gasteiger partial charge in [0.15, 0.2) is 0 Å². The van der Waals surface area contributed by atoms with E-state index in [9.17, 15) is 9.59 Å². The second-order valence-electron chi connectivity index (χ2n) is 6.00.